The van der Waals surface area contributed by atoms with Crippen molar-refractivity contribution in [1.82, 2.24) is 5.16 Å². The van der Waals surface area contributed by atoms with Gasteiger partial charge in [0.1, 0.15) is 23.9 Å². The minimum atomic E-state index is -3.79. The van der Waals surface area contributed by atoms with Crippen LogP contribution < -0.4 is 13.8 Å². The summed E-state index contributed by atoms with van der Waals surface area (Å²) in [6, 6.07) is 11.9. The molecule has 2 aromatic carbocycles. The molecule has 0 saturated heterocycles. The van der Waals surface area contributed by atoms with Crippen LogP contribution in [0.1, 0.15) is 36.4 Å². The van der Waals surface area contributed by atoms with Crippen LogP contribution in [0.4, 0.5) is 5.69 Å². The zero-order valence-electron chi connectivity index (χ0n) is 19.4. The first-order valence-corrected chi connectivity index (χ1v) is 11.9. The molecule has 0 aliphatic rings. The third-order valence-electron chi connectivity index (χ3n) is 5.19. The van der Waals surface area contributed by atoms with Crippen LogP contribution in [0.15, 0.2) is 51.9 Å². The topological polar surface area (TPSA) is 81.9 Å². The number of hydrogen-bond donors (Lipinski definition) is 0. The van der Waals surface area contributed by atoms with Crippen molar-refractivity contribution in [3.05, 3.63) is 65.0 Å². The Labute approximate surface area is 190 Å². The molecule has 0 atom stereocenters. The summed E-state index contributed by atoms with van der Waals surface area (Å²) in [6.45, 7) is 10.2. The molecule has 0 saturated carbocycles. The maximum atomic E-state index is 13.6. The molecule has 8 heteroatoms. The van der Waals surface area contributed by atoms with E-state index in [-0.39, 0.29) is 10.8 Å². The molecule has 32 heavy (non-hydrogen) atoms. The van der Waals surface area contributed by atoms with E-state index in [0.717, 1.165) is 16.8 Å². The Morgan fingerprint density at radius 3 is 2.25 bits per heavy atom. The summed E-state index contributed by atoms with van der Waals surface area (Å²) in [5.74, 6) is 2.02. The second-order valence-electron chi connectivity index (χ2n) is 8.15. The minimum Gasteiger partial charge on any atom is -0.497 e. The molecule has 0 amide bonds. The second kappa shape index (κ2) is 9.65. The van der Waals surface area contributed by atoms with Gasteiger partial charge in [0.05, 0.1) is 29.0 Å². The van der Waals surface area contributed by atoms with Crippen molar-refractivity contribution >= 4 is 15.7 Å². The molecular weight excluding hydrogens is 428 g/mol. The van der Waals surface area contributed by atoms with Gasteiger partial charge in [-0.1, -0.05) is 25.1 Å². The summed E-state index contributed by atoms with van der Waals surface area (Å²) in [5, 5.41) is 3.92. The highest BCUT2D eigenvalue weighted by Crippen LogP contribution is 2.32. The van der Waals surface area contributed by atoms with Gasteiger partial charge in [0, 0.05) is 12.6 Å². The van der Waals surface area contributed by atoms with Crippen LogP contribution in [-0.4, -0.2) is 27.2 Å². The molecule has 0 aliphatic carbocycles. The number of hydrogen-bond acceptors (Lipinski definition) is 6. The Kier molecular flexibility index (Phi) is 7.13. The lowest BCUT2D eigenvalue weighted by molar-refractivity contribution is 0.301. The van der Waals surface area contributed by atoms with E-state index in [0.29, 0.717) is 36.1 Å². The Morgan fingerprint density at radius 2 is 1.69 bits per heavy atom. The molecule has 1 aromatic heterocycles. The Morgan fingerprint density at radius 1 is 1.03 bits per heavy atom. The van der Waals surface area contributed by atoms with Crippen LogP contribution in [0.3, 0.4) is 0 Å². The normalized spacial score (nSPS) is 11.6. The predicted octanol–water partition coefficient (Wildman–Crippen LogP) is 5.04. The van der Waals surface area contributed by atoms with E-state index < -0.39 is 10.0 Å². The third-order valence-corrected chi connectivity index (χ3v) is 6.99. The van der Waals surface area contributed by atoms with Crippen LogP contribution in [0.25, 0.3) is 0 Å². The number of nitrogens with zero attached hydrogens (tertiary/aromatic N) is 2. The number of methoxy groups -OCH3 is 1. The molecule has 0 spiro atoms. The lowest BCUT2D eigenvalue weighted by atomic mass is 10.1. The van der Waals surface area contributed by atoms with Crippen LogP contribution >= 0.6 is 0 Å². The quantitative estimate of drug-likeness (QED) is 0.447. The van der Waals surface area contributed by atoms with E-state index in [1.165, 1.54) is 4.31 Å². The fourth-order valence-corrected chi connectivity index (χ4v) is 5.03. The number of aryl methyl sites for hydroxylation is 3. The maximum Gasteiger partial charge on any atom is 0.264 e. The smallest absolute Gasteiger partial charge is 0.264 e. The predicted molar refractivity (Wildman–Crippen MR) is 124 cm³/mol. The molecule has 3 aromatic rings. The molecule has 1 heterocycles. The summed E-state index contributed by atoms with van der Waals surface area (Å²) in [4.78, 5) is 0.199. The highest BCUT2D eigenvalue weighted by atomic mass is 32.2. The number of rotatable bonds is 9. The van der Waals surface area contributed by atoms with E-state index in [1.807, 2.05) is 46.8 Å². The van der Waals surface area contributed by atoms with Crippen molar-refractivity contribution in [1.29, 1.82) is 0 Å². The van der Waals surface area contributed by atoms with Crippen molar-refractivity contribution in [3.63, 3.8) is 0 Å². The number of benzene rings is 2. The van der Waals surface area contributed by atoms with Gasteiger partial charge in [-0.15, -0.1) is 0 Å². The summed E-state index contributed by atoms with van der Waals surface area (Å²) >= 11 is 0. The molecule has 0 unspecified atom stereocenters. The van der Waals surface area contributed by atoms with Crippen molar-refractivity contribution in [2.75, 3.05) is 18.0 Å². The van der Waals surface area contributed by atoms with Crippen LogP contribution in [0, 0.1) is 26.7 Å². The fraction of sp³-hybridized carbons (Fsp3) is 0.375. The first-order valence-electron chi connectivity index (χ1n) is 10.5. The number of aromatic nitrogens is 1. The molecular formula is C24H30N2O5S. The van der Waals surface area contributed by atoms with Crippen molar-refractivity contribution < 1.29 is 22.4 Å². The highest BCUT2D eigenvalue weighted by molar-refractivity contribution is 7.92. The average Bonchev–Trinajstić information content (AvgIpc) is 3.08. The van der Waals surface area contributed by atoms with Gasteiger partial charge in [0.25, 0.3) is 10.0 Å². The van der Waals surface area contributed by atoms with Crippen LogP contribution in [-0.2, 0) is 16.6 Å². The minimum absolute atomic E-state index is 0.132. The molecule has 0 aliphatic heterocycles. The van der Waals surface area contributed by atoms with Crippen LogP contribution in [0.2, 0.25) is 0 Å². The Hall–Kier alpha value is -3.00. The maximum absolute atomic E-state index is 13.6. The molecule has 0 fully saturated rings. The lowest BCUT2D eigenvalue weighted by Gasteiger charge is -2.28. The van der Waals surface area contributed by atoms with E-state index >= 15 is 0 Å². The first kappa shape index (κ1) is 23.7. The summed E-state index contributed by atoms with van der Waals surface area (Å²) in [7, 11) is -2.22. The Balaban J connectivity index is 1.88. The summed E-state index contributed by atoms with van der Waals surface area (Å²) in [5.41, 5.74) is 3.13. The third kappa shape index (κ3) is 5.07. The van der Waals surface area contributed by atoms with Gasteiger partial charge >= 0.3 is 0 Å². The number of anilines is 1. The second-order valence-corrected chi connectivity index (χ2v) is 10.0. The van der Waals surface area contributed by atoms with Crippen molar-refractivity contribution in [2.24, 2.45) is 5.92 Å². The van der Waals surface area contributed by atoms with Gasteiger partial charge in [0.15, 0.2) is 0 Å². The van der Waals surface area contributed by atoms with Crippen molar-refractivity contribution in [3.8, 4) is 11.5 Å². The number of ether oxygens (including phenoxy) is 2. The SMILES string of the molecule is COc1ccc(C)c(N(CC(C)C)S(=O)(=O)c2ccc(OCc3c(C)noc3C)cc2)c1. The summed E-state index contributed by atoms with van der Waals surface area (Å²) < 4.78 is 44.9. The summed E-state index contributed by atoms with van der Waals surface area (Å²) in [6.07, 6.45) is 0. The standard InChI is InChI=1S/C24H30N2O5S/c1-16(2)14-26(24-13-21(29-6)8-7-17(24)3)32(27,28)22-11-9-20(10-12-22)30-15-23-18(4)25-31-19(23)5/h7-13,16H,14-15H2,1-6H3. The molecule has 0 bridgehead atoms. The Bertz CT molecular complexity index is 1150. The van der Waals surface area contributed by atoms with Gasteiger partial charge in [0.2, 0.25) is 0 Å². The monoisotopic (exact) mass is 458 g/mol. The zero-order chi connectivity index (χ0) is 23.5. The lowest BCUT2D eigenvalue weighted by Crippen LogP contribution is -2.34. The zero-order valence-corrected chi connectivity index (χ0v) is 20.2. The molecule has 172 valence electrons. The van der Waals surface area contributed by atoms with Gasteiger partial charge in [-0.05, 0) is 62.6 Å². The molecule has 3 rings (SSSR count). The fourth-order valence-electron chi connectivity index (χ4n) is 3.34. The van der Waals surface area contributed by atoms with Crippen molar-refractivity contribution in [2.45, 2.75) is 46.1 Å². The van der Waals surface area contributed by atoms with Gasteiger partial charge in [-0.3, -0.25) is 4.31 Å². The van der Waals surface area contributed by atoms with Gasteiger partial charge in [-0.25, -0.2) is 8.42 Å². The van der Waals surface area contributed by atoms with Crippen LogP contribution in [0.5, 0.6) is 11.5 Å². The molecule has 7 nitrogen and oxygen atoms in total. The number of sulfonamides is 1. The molecule has 0 N–H and O–H groups in total. The van der Waals surface area contributed by atoms with E-state index in [9.17, 15) is 8.42 Å². The van der Waals surface area contributed by atoms with E-state index in [2.05, 4.69) is 5.16 Å². The average molecular weight is 459 g/mol. The van der Waals surface area contributed by atoms with Gasteiger partial charge in [-0.2, -0.15) is 0 Å². The van der Waals surface area contributed by atoms with Gasteiger partial charge < -0.3 is 14.0 Å². The first-order chi connectivity index (χ1) is 15.1. The molecule has 0 radical (unpaired) electrons. The largest absolute Gasteiger partial charge is 0.497 e. The van der Waals surface area contributed by atoms with E-state index in [1.54, 1.807) is 37.4 Å². The highest BCUT2D eigenvalue weighted by Gasteiger charge is 2.27. The van der Waals surface area contributed by atoms with E-state index in [4.69, 9.17) is 14.0 Å².